The van der Waals surface area contributed by atoms with Crippen molar-refractivity contribution in [3.8, 4) is 0 Å². The molecule has 0 aromatic carbocycles. The molecule has 0 spiro atoms. The van der Waals surface area contributed by atoms with Crippen molar-refractivity contribution in [2.75, 3.05) is 11.9 Å². The number of nitrogens with two attached hydrogens (primary N) is 1. The number of hydrogen-bond acceptors (Lipinski definition) is 5. The minimum absolute atomic E-state index is 0.00641. The third-order valence-corrected chi connectivity index (χ3v) is 3.61. The Balaban J connectivity index is 1.73. The Morgan fingerprint density at radius 2 is 2.04 bits per heavy atom. The Morgan fingerprint density at radius 1 is 1.33 bits per heavy atom. The van der Waals surface area contributed by atoms with E-state index in [1.54, 1.807) is 6.20 Å². The van der Waals surface area contributed by atoms with Crippen LogP contribution in [0.3, 0.4) is 0 Å². The zero-order valence-electron chi connectivity index (χ0n) is 13.9. The average Bonchev–Trinajstić information content (AvgIpc) is 3.22. The molecule has 5 N–H and O–H groups in total. The first-order valence-corrected chi connectivity index (χ1v) is 8.00. The summed E-state index contributed by atoms with van der Waals surface area (Å²) in [5.41, 5.74) is 6.15. The molecule has 24 heavy (non-hydrogen) atoms. The molecule has 1 aromatic heterocycles. The van der Waals surface area contributed by atoms with Gasteiger partial charge in [-0.3, -0.25) is 19.1 Å². The second-order valence-electron chi connectivity index (χ2n) is 6.30. The minimum atomic E-state index is -0.648. The van der Waals surface area contributed by atoms with E-state index in [-0.39, 0.29) is 36.7 Å². The van der Waals surface area contributed by atoms with Crippen LogP contribution in [-0.4, -0.2) is 46.1 Å². The highest BCUT2D eigenvalue weighted by molar-refractivity contribution is 5.95. The molecule has 3 amide bonds. The Labute approximate surface area is 140 Å². The summed E-state index contributed by atoms with van der Waals surface area (Å²) >= 11 is 0. The van der Waals surface area contributed by atoms with Crippen LogP contribution in [0.4, 0.5) is 5.69 Å². The number of nitrogens with zero attached hydrogens (tertiary/aromatic N) is 2. The molecule has 0 aliphatic heterocycles. The van der Waals surface area contributed by atoms with E-state index in [1.165, 1.54) is 10.9 Å². The molecular formula is C15H24N6O3. The second-order valence-corrected chi connectivity index (χ2v) is 6.30. The van der Waals surface area contributed by atoms with Gasteiger partial charge in [0.2, 0.25) is 17.7 Å². The van der Waals surface area contributed by atoms with Gasteiger partial charge < -0.3 is 21.7 Å². The molecule has 1 atom stereocenters. The zero-order valence-corrected chi connectivity index (χ0v) is 13.9. The molecule has 1 fully saturated rings. The van der Waals surface area contributed by atoms with E-state index in [0.29, 0.717) is 11.7 Å². The van der Waals surface area contributed by atoms with E-state index in [9.17, 15) is 14.4 Å². The van der Waals surface area contributed by atoms with Gasteiger partial charge in [0.05, 0.1) is 24.5 Å². The summed E-state index contributed by atoms with van der Waals surface area (Å²) in [5.74, 6) is -0.865. The highest BCUT2D eigenvalue weighted by Gasteiger charge is 2.23. The van der Waals surface area contributed by atoms with Gasteiger partial charge in [0.1, 0.15) is 6.54 Å². The predicted molar refractivity (Wildman–Crippen MR) is 87.8 cm³/mol. The lowest BCUT2D eigenvalue weighted by atomic mass is 10.1. The number of anilines is 1. The van der Waals surface area contributed by atoms with Crippen LogP contribution >= 0.6 is 0 Å². The third kappa shape index (κ3) is 5.65. The normalized spacial score (nSPS) is 15.0. The number of amides is 3. The van der Waals surface area contributed by atoms with Crippen LogP contribution in [0.2, 0.25) is 0 Å². The van der Waals surface area contributed by atoms with E-state index in [0.717, 1.165) is 12.8 Å². The smallest absolute Gasteiger partial charge is 0.243 e. The van der Waals surface area contributed by atoms with Gasteiger partial charge in [-0.1, -0.05) is 13.8 Å². The molecule has 1 aliphatic rings. The van der Waals surface area contributed by atoms with Gasteiger partial charge in [-0.15, -0.1) is 0 Å². The molecule has 9 heteroatoms. The van der Waals surface area contributed by atoms with Crippen molar-refractivity contribution in [3.63, 3.8) is 0 Å². The number of nitrogens with one attached hydrogen (secondary N) is 3. The standard InChI is InChI=1S/C15H24N6O3/c1-9(2)14(16)15(24)17-6-12(22)20-11-5-18-21(7-11)8-13(23)19-10-3-4-10/h5,7,9-10,14H,3-4,6,8,16H2,1-2H3,(H,17,24)(H,19,23)(H,20,22)/t14-/m0/s1. The fourth-order valence-corrected chi connectivity index (χ4v) is 1.96. The number of hydrogen-bond donors (Lipinski definition) is 4. The Kier molecular flexibility index (Phi) is 5.91. The summed E-state index contributed by atoms with van der Waals surface area (Å²) in [5, 5.41) is 12.0. The molecule has 0 bridgehead atoms. The molecule has 1 heterocycles. The number of carbonyl (C=O) groups is 3. The Bertz CT molecular complexity index is 608. The summed E-state index contributed by atoms with van der Waals surface area (Å²) in [6, 6.07) is -0.349. The molecule has 1 saturated carbocycles. The topological polar surface area (TPSA) is 131 Å². The number of aromatic nitrogens is 2. The first kappa shape index (κ1) is 17.9. The van der Waals surface area contributed by atoms with Crippen molar-refractivity contribution in [2.45, 2.75) is 45.3 Å². The highest BCUT2D eigenvalue weighted by atomic mass is 16.2. The monoisotopic (exact) mass is 336 g/mol. The lowest BCUT2D eigenvalue weighted by molar-refractivity contribution is -0.125. The van der Waals surface area contributed by atoms with Gasteiger partial charge in [0.15, 0.2) is 0 Å². The van der Waals surface area contributed by atoms with Crippen molar-refractivity contribution in [1.29, 1.82) is 0 Å². The van der Waals surface area contributed by atoms with Crippen LogP contribution < -0.4 is 21.7 Å². The maximum Gasteiger partial charge on any atom is 0.243 e. The van der Waals surface area contributed by atoms with E-state index >= 15 is 0 Å². The van der Waals surface area contributed by atoms with E-state index in [2.05, 4.69) is 21.0 Å². The summed E-state index contributed by atoms with van der Waals surface area (Å²) in [6.45, 7) is 3.59. The number of carbonyl (C=O) groups excluding carboxylic acids is 3. The van der Waals surface area contributed by atoms with Crippen LogP contribution in [0.1, 0.15) is 26.7 Å². The van der Waals surface area contributed by atoms with Gasteiger partial charge >= 0.3 is 0 Å². The highest BCUT2D eigenvalue weighted by Crippen LogP contribution is 2.18. The summed E-state index contributed by atoms with van der Waals surface area (Å²) in [7, 11) is 0. The molecule has 1 aromatic rings. The lowest BCUT2D eigenvalue weighted by Gasteiger charge is -2.14. The lowest BCUT2D eigenvalue weighted by Crippen LogP contribution is -2.46. The quantitative estimate of drug-likeness (QED) is 0.493. The molecule has 1 aliphatic carbocycles. The van der Waals surface area contributed by atoms with Gasteiger partial charge in [-0.25, -0.2) is 0 Å². The predicted octanol–water partition coefficient (Wildman–Crippen LogP) is -0.800. The Morgan fingerprint density at radius 3 is 2.67 bits per heavy atom. The van der Waals surface area contributed by atoms with Gasteiger partial charge in [0, 0.05) is 12.2 Å². The molecular weight excluding hydrogens is 312 g/mol. The van der Waals surface area contributed by atoms with Crippen LogP contribution in [0.5, 0.6) is 0 Å². The molecule has 0 radical (unpaired) electrons. The summed E-state index contributed by atoms with van der Waals surface area (Å²) < 4.78 is 1.45. The van der Waals surface area contributed by atoms with E-state index in [1.807, 2.05) is 13.8 Å². The maximum absolute atomic E-state index is 11.8. The SMILES string of the molecule is CC(C)[C@H](N)C(=O)NCC(=O)Nc1cnn(CC(=O)NC2CC2)c1. The molecule has 132 valence electrons. The van der Waals surface area contributed by atoms with Crippen molar-refractivity contribution in [2.24, 2.45) is 11.7 Å². The van der Waals surface area contributed by atoms with Crippen molar-refractivity contribution in [1.82, 2.24) is 20.4 Å². The fraction of sp³-hybridized carbons (Fsp3) is 0.600. The fourth-order valence-electron chi connectivity index (χ4n) is 1.96. The summed E-state index contributed by atoms with van der Waals surface area (Å²) in [4.78, 5) is 35.2. The Hall–Kier alpha value is -2.42. The van der Waals surface area contributed by atoms with Crippen LogP contribution in [0.15, 0.2) is 12.4 Å². The van der Waals surface area contributed by atoms with Crippen molar-refractivity contribution in [3.05, 3.63) is 12.4 Å². The van der Waals surface area contributed by atoms with Crippen LogP contribution in [0.25, 0.3) is 0 Å². The molecule has 2 rings (SSSR count). The van der Waals surface area contributed by atoms with E-state index in [4.69, 9.17) is 5.73 Å². The zero-order chi connectivity index (χ0) is 17.7. The second kappa shape index (κ2) is 7.91. The van der Waals surface area contributed by atoms with Crippen LogP contribution in [-0.2, 0) is 20.9 Å². The van der Waals surface area contributed by atoms with Gasteiger partial charge in [-0.2, -0.15) is 5.10 Å². The number of rotatable bonds is 8. The molecule has 0 unspecified atom stereocenters. The minimum Gasteiger partial charge on any atom is -0.352 e. The third-order valence-electron chi connectivity index (χ3n) is 3.61. The van der Waals surface area contributed by atoms with Crippen LogP contribution in [0, 0.1) is 5.92 Å². The van der Waals surface area contributed by atoms with Crippen molar-refractivity contribution >= 4 is 23.4 Å². The summed E-state index contributed by atoms with van der Waals surface area (Å²) in [6.07, 6.45) is 5.06. The van der Waals surface area contributed by atoms with Crippen molar-refractivity contribution < 1.29 is 14.4 Å². The first-order chi connectivity index (χ1) is 11.3. The van der Waals surface area contributed by atoms with Gasteiger partial charge in [-0.05, 0) is 18.8 Å². The maximum atomic E-state index is 11.8. The largest absolute Gasteiger partial charge is 0.352 e. The first-order valence-electron chi connectivity index (χ1n) is 8.00. The van der Waals surface area contributed by atoms with E-state index < -0.39 is 6.04 Å². The molecule has 0 saturated heterocycles. The van der Waals surface area contributed by atoms with Gasteiger partial charge in [0.25, 0.3) is 0 Å². The average molecular weight is 336 g/mol. The molecule has 9 nitrogen and oxygen atoms in total.